The summed E-state index contributed by atoms with van der Waals surface area (Å²) >= 11 is 0. The summed E-state index contributed by atoms with van der Waals surface area (Å²) in [5.74, 6) is 0.784. The van der Waals surface area contributed by atoms with Crippen LogP contribution in [-0.2, 0) is 14.3 Å². The molecule has 1 saturated carbocycles. The third-order valence-corrected chi connectivity index (χ3v) is 5.72. The number of esters is 1. The van der Waals surface area contributed by atoms with Crippen molar-refractivity contribution in [3.8, 4) is 0 Å². The highest BCUT2D eigenvalue weighted by molar-refractivity contribution is 5.76. The van der Waals surface area contributed by atoms with Gasteiger partial charge in [0.15, 0.2) is 0 Å². The second kappa shape index (κ2) is 6.55. The normalized spacial score (nSPS) is 35.3. The van der Waals surface area contributed by atoms with E-state index in [-0.39, 0.29) is 23.9 Å². The summed E-state index contributed by atoms with van der Waals surface area (Å²) in [6.07, 6.45) is 6.85. The Balaban J connectivity index is 2.24. The Morgan fingerprint density at radius 2 is 2.09 bits per heavy atom. The van der Waals surface area contributed by atoms with Gasteiger partial charge in [-0.3, -0.25) is 4.79 Å². The van der Waals surface area contributed by atoms with Gasteiger partial charge in [0.2, 0.25) is 0 Å². The van der Waals surface area contributed by atoms with Crippen molar-refractivity contribution in [1.29, 1.82) is 0 Å². The van der Waals surface area contributed by atoms with Gasteiger partial charge in [0.05, 0.1) is 5.41 Å². The Kier molecular flexibility index (Phi) is 5.14. The van der Waals surface area contributed by atoms with Crippen molar-refractivity contribution in [2.24, 2.45) is 29.1 Å². The van der Waals surface area contributed by atoms with Crippen molar-refractivity contribution in [1.82, 2.24) is 0 Å². The number of fused-ring (bicyclic) bond motifs is 1. The van der Waals surface area contributed by atoms with Gasteiger partial charge in [-0.25, -0.2) is 0 Å². The topological polar surface area (TPSA) is 43.4 Å². The minimum Gasteiger partial charge on any atom is -0.461 e. The highest BCUT2D eigenvalue weighted by atomic mass is 16.5. The lowest BCUT2D eigenvalue weighted by Gasteiger charge is -2.44. The first kappa shape index (κ1) is 17.2. The molecular weight excluding hydrogens is 276 g/mol. The molecule has 124 valence electrons. The predicted octanol–water partition coefficient (Wildman–Crippen LogP) is 4.16. The average molecular weight is 306 g/mol. The Morgan fingerprint density at radius 1 is 1.41 bits per heavy atom. The standard InChI is InChI=1S/C19H30O3/c1-6-19(4,5)18(21)22-16-10-12(2)9-14-8-7-13(3)15(11-20)17(14)16/h8,11-13,15-17H,6-7,9-10H2,1-5H3/t12-,13-,15-,16-,17+/m0/s1. The van der Waals surface area contributed by atoms with Crippen LogP contribution in [0.1, 0.15) is 60.3 Å². The average Bonchev–Trinajstić information content (AvgIpc) is 2.47. The maximum atomic E-state index is 12.5. The zero-order valence-corrected chi connectivity index (χ0v) is 14.6. The van der Waals surface area contributed by atoms with Gasteiger partial charge in [0.25, 0.3) is 0 Å². The molecule has 2 aliphatic rings. The van der Waals surface area contributed by atoms with E-state index < -0.39 is 5.41 Å². The first-order chi connectivity index (χ1) is 10.3. The van der Waals surface area contributed by atoms with Crippen molar-refractivity contribution >= 4 is 12.3 Å². The Labute approximate surface area is 134 Å². The summed E-state index contributed by atoms with van der Waals surface area (Å²) in [4.78, 5) is 24.1. The summed E-state index contributed by atoms with van der Waals surface area (Å²) in [5.41, 5.74) is 0.877. The number of allylic oxidation sites excluding steroid dienone is 1. The largest absolute Gasteiger partial charge is 0.461 e. The van der Waals surface area contributed by atoms with E-state index in [9.17, 15) is 9.59 Å². The molecule has 0 aromatic carbocycles. The number of hydrogen-bond donors (Lipinski definition) is 0. The molecule has 22 heavy (non-hydrogen) atoms. The van der Waals surface area contributed by atoms with Gasteiger partial charge < -0.3 is 9.53 Å². The zero-order chi connectivity index (χ0) is 16.5. The molecule has 2 rings (SSSR count). The number of carbonyl (C=O) groups excluding carboxylic acids is 2. The highest BCUT2D eigenvalue weighted by Crippen LogP contribution is 2.45. The summed E-state index contributed by atoms with van der Waals surface area (Å²) in [6, 6.07) is 0. The molecule has 0 aromatic rings. The summed E-state index contributed by atoms with van der Waals surface area (Å²) < 4.78 is 5.93. The van der Waals surface area contributed by atoms with E-state index in [2.05, 4.69) is 19.9 Å². The van der Waals surface area contributed by atoms with Crippen LogP contribution in [0.15, 0.2) is 11.6 Å². The first-order valence-corrected chi connectivity index (χ1v) is 8.65. The van der Waals surface area contributed by atoms with Crippen molar-refractivity contribution in [2.75, 3.05) is 0 Å². The van der Waals surface area contributed by atoms with Crippen molar-refractivity contribution < 1.29 is 14.3 Å². The van der Waals surface area contributed by atoms with E-state index in [1.807, 2.05) is 20.8 Å². The lowest BCUT2D eigenvalue weighted by atomic mass is 9.64. The molecule has 0 saturated heterocycles. The van der Waals surface area contributed by atoms with E-state index in [0.29, 0.717) is 11.8 Å². The van der Waals surface area contributed by atoms with Crippen LogP contribution < -0.4 is 0 Å². The summed E-state index contributed by atoms with van der Waals surface area (Å²) in [5, 5.41) is 0. The number of aldehydes is 1. The molecule has 0 aromatic heterocycles. The number of carbonyl (C=O) groups is 2. The quantitative estimate of drug-likeness (QED) is 0.445. The molecule has 0 bridgehead atoms. The fourth-order valence-corrected chi connectivity index (χ4v) is 3.75. The molecule has 3 nitrogen and oxygen atoms in total. The molecule has 5 atom stereocenters. The maximum Gasteiger partial charge on any atom is 0.311 e. The lowest BCUT2D eigenvalue weighted by molar-refractivity contribution is -0.166. The SMILES string of the molecule is CCC(C)(C)C(=O)O[C@H]1C[C@@H](C)CC2=CC[C@H](C)[C@H](C=O)[C@@H]21. The van der Waals surface area contributed by atoms with Crippen LogP contribution in [0.3, 0.4) is 0 Å². The minimum atomic E-state index is -0.457. The van der Waals surface area contributed by atoms with E-state index in [1.54, 1.807) is 0 Å². The van der Waals surface area contributed by atoms with E-state index in [4.69, 9.17) is 4.74 Å². The maximum absolute atomic E-state index is 12.5. The van der Waals surface area contributed by atoms with Gasteiger partial charge in [-0.05, 0) is 51.4 Å². The smallest absolute Gasteiger partial charge is 0.311 e. The number of rotatable bonds is 4. The molecule has 0 unspecified atom stereocenters. The predicted molar refractivity (Wildman–Crippen MR) is 87.3 cm³/mol. The Bertz CT molecular complexity index is 463. The van der Waals surface area contributed by atoms with Gasteiger partial charge in [-0.1, -0.05) is 32.4 Å². The molecule has 3 heteroatoms. The van der Waals surface area contributed by atoms with Gasteiger partial charge in [-0.2, -0.15) is 0 Å². The van der Waals surface area contributed by atoms with Crippen LogP contribution >= 0.6 is 0 Å². The monoisotopic (exact) mass is 306 g/mol. The molecular formula is C19H30O3. The molecule has 0 spiro atoms. The van der Waals surface area contributed by atoms with Crippen molar-refractivity contribution in [2.45, 2.75) is 66.4 Å². The molecule has 1 fully saturated rings. The summed E-state index contributed by atoms with van der Waals surface area (Å²) in [7, 11) is 0. The first-order valence-electron chi connectivity index (χ1n) is 8.65. The lowest BCUT2D eigenvalue weighted by Crippen LogP contribution is -2.44. The van der Waals surface area contributed by atoms with Gasteiger partial charge in [0, 0.05) is 11.8 Å². The van der Waals surface area contributed by atoms with Gasteiger partial charge >= 0.3 is 5.97 Å². The van der Waals surface area contributed by atoms with E-state index >= 15 is 0 Å². The Hall–Kier alpha value is -1.12. The number of ether oxygens (including phenoxy) is 1. The second-order valence-corrected chi connectivity index (χ2v) is 7.96. The van der Waals surface area contributed by atoms with Crippen molar-refractivity contribution in [3.63, 3.8) is 0 Å². The fraction of sp³-hybridized carbons (Fsp3) is 0.789. The number of hydrogen-bond acceptors (Lipinski definition) is 3. The van der Waals surface area contributed by atoms with Gasteiger partial charge in [0.1, 0.15) is 12.4 Å². The third kappa shape index (κ3) is 3.28. The molecule has 0 N–H and O–H groups in total. The third-order valence-electron chi connectivity index (χ3n) is 5.72. The molecule has 2 aliphatic carbocycles. The second-order valence-electron chi connectivity index (χ2n) is 7.96. The van der Waals surface area contributed by atoms with Gasteiger partial charge in [-0.15, -0.1) is 0 Å². The molecule has 0 radical (unpaired) electrons. The highest BCUT2D eigenvalue weighted by Gasteiger charge is 2.44. The van der Waals surface area contributed by atoms with Crippen LogP contribution in [0.5, 0.6) is 0 Å². The summed E-state index contributed by atoms with van der Waals surface area (Å²) in [6.45, 7) is 10.2. The Morgan fingerprint density at radius 3 is 2.68 bits per heavy atom. The minimum absolute atomic E-state index is 0.0185. The van der Waals surface area contributed by atoms with Crippen LogP contribution in [0.25, 0.3) is 0 Å². The zero-order valence-electron chi connectivity index (χ0n) is 14.6. The fourth-order valence-electron chi connectivity index (χ4n) is 3.75. The van der Waals surface area contributed by atoms with Crippen LogP contribution in [0.2, 0.25) is 0 Å². The molecule has 0 heterocycles. The molecule has 0 amide bonds. The van der Waals surface area contributed by atoms with Crippen LogP contribution in [-0.4, -0.2) is 18.4 Å². The van der Waals surface area contributed by atoms with Crippen LogP contribution in [0, 0.1) is 29.1 Å². The van der Waals surface area contributed by atoms with Crippen LogP contribution in [0.4, 0.5) is 0 Å². The van der Waals surface area contributed by atoms with Crippen molar-refractivity contribution in [3.05, 3.63) is 11.6 Å². The van der Waals surface area contributed by atoms with E-state index in [0.717, 1.165) is 32.0 Å². The van der Waals surface area contributed by atoms with E-state index in [1.165, 1.54) is 5.57 Å². The molecule has 0 aliphatic heterocycles.